The van der Waals surface area contributed by atoms with Gasteiger partial charge in [0.1, 0.15) is 0 Å². The molecule has 0 radical (unpaired) electrons. The van der Waals surface area contributed by atoms with Crippen molar-refractivity contribution >= 4 is 30.8 Å². The van der Waals surface area contributed by atoms with Gasteiger partial charge in [-0.2, -0.15) is 0 Å². The minimum absolute atomic E-state index is 0.711. The summed E-state index contributed by atoms with van der Waals surface area (Å²) in [4.78, 5) is 0. The van der Waals surface area contributed by atoms with Gasteiger partial charge in [0.2, 0.25) is 0 Å². The molecule has 2 heteroatoms. The van der Waals surface area contributed by atoms with Gasteiger partial charge >= 0.3 is 0 Å². The molecule has 0 nitrogen and oxygen atoms in total. The van der Waals surface area contributed by atoms with Crippen molar-refractivity contribution in [1.82, 2.24) is 0 Å². The Morgan fingerprint density at radius 2 is 1.08 bits per heavy atom. The van der Waals surface area contributed by atoms with Crippen LogP contribution in [0.5, 0.6) is 0 Å². The molecule has 24 heavy (non-hydrogen) atoms. The molecule has 0 aliphatic heterocycles. The first-order chi connectivity index (χ1) is 11.6. The second-order valence-electron chi connectivity index (χ2n) is 5.84. The molecular weight excluding hydrogens is 331 g/mol. The van der Waals surface area contributed by atoms with Crippen molar-refractivity contribution in [3.8, 4) is 0 Å². The lowest BCUT2D eigenvalue weighted by Crippen LogP contribution is -2.02. The highest BCUT2D eigenvalue weighted by Crippen LogP contribution is 2.13. The van der Waals surface area contributed by atoms with Gasteiger partial charge in [-0.3, -0.25) is 0 Å². The van der Waals surface area contributed by atoms with Crippen LogP contribution in [0.25, 0.3) is 0 Å². The molecule has 0 bridgehead atoms. The van der Waals surface area contributed by atoms with Crippen LogP contribution >= 0.6 is 20.2 Å². The molecule has 0 fully saturated rings. The first kappa shape index (κ1) is 18.7. The fraction of sp³-hybridized carbons (Fsp3) is 0.182. The fourth-order valence-electron chi connectivity index (χ4n) is 2.16. The van der Waals surface area contributed by atoms with Crippen LogP contribution in [-0.4, -0.2) is 0 Å². The Kier molecular flexibility index (Phi) is 7.50. The molecule has 0 aromatic heterocycles. The predicted octanol–water partition coefficient (Wildman–Crippen LogP) is 5.84. The number of hydrogen-bond donors (Lipinski definition) is 0. The number of hydrogen-bond acceptors (Lipinski definition) is 0. The Balaban J connectivity index is 0.000000198. The molecular formula is C22H24ClP. The number of halogens is 1. The number of aryl methyl sites for hydroxylation is 3. The maximum Gasteiger partial charge on any atom is 0.0406 e. The van der Waals surface area contributed by atoms with E-state index in [1.165, 1.54) is 27.3 Å². The summed E-state index contributed by atoms with van der Waals surface area (Å²) in [7, 11) is 0.711. The van der Waals surface area contributed by atoms with Gasteiger partial charge in [0.15, 0.2) is 0 Å². The van der Waals surface area contributed by atoms with Crippen LogP contribution in [0.3, 0.4) is 0 Å². The normalized spacial score (nSPS) is 10.5. The van der Waals surface area contributed by atoms with Crippen LogP contribution in [0.4, 0.5) is 0 Å². The summed E-state index contributed by atoms with van der Waals surface area (Å²) in [6, 6.07) is 25.4. The van der Waals surface area contributed by atoms with Crippen molar-refractivity contribution in [2.75, 3.05) is 0 Å². The third kappa shape index (κ3) is 6.48. The summed E-state index contributed by atoms with van der Waals surface area (Å²) in [6.07, 6.45) is 1.14. The molecule has 1 unspecified atom stereocenters. The Morgan fingerprint density at radius 1 is 0.667 bits per heavy atom. The van der Waals surface area contributed by atoms with Crippen molar-refractivity contribution in [1.29, 1.82) is 0 Å². The average molecular weight is 355 g/mol. The van der Waals surface area contributed by atoms with Gasteiger partial charge in [-0.25, -0.2) is 0 Å². The van der Waals surface area contributed by atoms with E-state index in [1.807, 2.05) is 12.1 Å². The van der Waals surface area contributed by atoms with Crippen LogP contribution in [-0.2, 0) is 6.42 Å². The molecule has 3 aromatic carbocycles. The lowest BCUT2D eigenvalue weighted by Gasteiger charge is -2.02. The van der Waals surface area contributed by atoms with Crippen LogP contribution in [0.1, 0.15) is 23.6 Å². The minimum Gasteiger partial charge on any atom is -0.0843 e. The molecule has 0 saturated heterocycles. The summed E-state index contributed by atoms with van der Waals surface area (Å²) >= 11 is 5.84. The second-order valence-corrected chi connectivity index (χ2v) is 7.68. The van der Waals surface area contributed by atoms with Crippen molar-refractivity contribution in [2.45, 2.75) is 27.2 Å². The van der Waals surface area contributed by atoms with Gasteiger partial charge in [-0.05, 0) is 48.6 Å². The standard InChI is InChI=1S/C13H12ClP.C9H12/c1-10-2-6-12(7-3-10)15-13-8-4-11(14)5-9-13;1-3-9-6-4-8(2)5-7-9/h2-9,15H,1H3;4-7H,3H2,1-2H3. The highest BCUT2D eigenvalue weighted by molar-refractivity contribution is 7.55. The van der Waals surface area contributed by atoms with E-state index in [0.717, 1.165) is 11.4 Å². The quantitative estimate of drug-likeness (QED) is 0.519. The van der Waals surface area contributed by atoms with Crippen LogP contribution in [0.15, 0.2) is 72.8 Å². The molecule has 0 saturated carbocycles. The third-order valence-electron chi connectivity index (χ3n) is 3.71. The zero-order chi connectivity index (χ0) is 17.4. The van der Waals surface area contributed by atoms with Crippen molar-refractivity contribution in [3.05, 3.63) is 94.5 Å². The van der Waals surface area contributed by atoms with Crippen LogP contribution in [0.2, 0.25) is 5.02 Å². The Morgan fingerprint density at radius 3 is 1.54 bits per heavy atom. The van der Waals surface area contributed by atoms with Crippen molar-refractivity contribution in [2.24, 2.45) is 0 Å². The van der Waals surface area contributed by atoms with Gasteiger partial charge in [0, 0.05) is 5.02 Å². The zero-order valence-electron chi connectivity index (χ0n) is 14.5. The molecule has 0 spiro atoms. The Hall–Kier alpha value is -1.62. The molecule has 3 aromatic rings. The van der Waals surface area contributed by atoms with Crippen LogP contribution in [0, 0.1) is 13.8 Å². The van der Waals surface area contributed by atoms with Gasteiger partial charge < -0.3 is 0 Å². The zero-order valence-corrected chi connectivity index (χ0v) is 16.3. The Bertz CT molecular complexity index is 685. The molecule has 124 valence electrons. The average Bonchev–Trinajstić information content (AvgIpc) is 2.60. The largest absolute Gasteiger partial charge is 0.0843 e. The van der Waals surface area contributed by atoms with E-state index >= 15 is 0 Å². The van der Waals surface area contributed by atoms with Crippen molar-refractivity contribution < 1.29 is 0 Å². The van der Waals surface area contributed by atoms with E-state index < -0.39 is 0 Å². The van der Waals surface area contributed by atoms with Gasteiger partial charge in [-0.1, -0.05) is 98.9 Å². The van der Waals surface area contributed by atoms with E-state index in [-0.39, 0.29) is 0 Å². The van der Waals surface area contributed by atoms with Gasteiger partial charge in [0.25, 0.3) is 0 Å². The smallest absolute Gasteiger partial charge is 0.0406 e. The van der Waals surface area contributed by atoms with Crippen molar-refractivity contribution in [3.63, 3.8) is 0 Å². The second kappa shape index (κ2) is 9.62. The van der Waals surface area contributed by atoms with Gasteiger partial charge in [-0.15, -0.1) is 0 Å². The molecule has 3 rings (SSSR count). The third-order valence-corrected chi connectivity index (χ3v) is 5.21. The van der Waals surface area contributed by atoms with E-state index in [4.69, 9.17) is 11.6 Å². The summed E-state index contributed by atoms with van der Waals surface area (Å²) in [5.41, 5.74) is 4.06. The maximum atomic E-state index is 5.84. The first-order valence-electron chi connectivity index (χ1n) is 8.21. The monoisotopic (exact) mass is 354 g/mol. The molecule has 0 aliphatic carbocycles. The maximum absolute atomic E-state index is 5.84. The van der Waals surface area contributed by atoms with E-state index in [9.17, 15) is 0 Å². The first-order valence-corrected chi connectivity index (χ1v) is 9.59. The lowest BCUT2D eigenvalue weighted by atomic mass is 10.1. The summed E-state index contributed by atoms with van der Waals surface area (Å²) in [5, 5.41) is 3.48. The SMILES string of the molecule is CCc1ccc(C)cc1.Cc1ccc(Pc2ccc(Cl)cc2)cc1. The molecule has 0 heterocycles. The summed E-state index contributed by atoms with van der Waals surface area (Å²) in [5.74, 6) is 0. The van der Waals surface area contributed by atoms with E-state index in [1.54, 1.807) is 0 Å². The molecule has 1 atom stereocenters. The fourth-order valence-corrected chi connectivity index (χ4v) is 3.29. The predicted molar refractivity (Wildman–Crippen MR) is 111 cm³/mol. The number of rotatable bonds is 3. The highest BCUT2D eigenvalue weighted by atomic mass is 35.5. The summed E-state index contributed by atoms with van der Waals surface area (Å²) < 4.78 is 0. The van der Waals surface area contributed by atoms with Gasteiger partial charge in [0.05, 0.1) is 0 Å². The van der Waals surface area contributed by atoms with E-state index in [0.29, 0.717) is 8.58 Å². The molecule has 0 N–H and O–H groups in total. The topological polar surface area (TPSA) is 0 Å². The minimum atomic E-state index is 0.711. The summed E-state index contributed by atoms with van der Waals surface area (Å²) in [6.45, 7) is 6.39. The van der Waals surface area contributed by atoms with Crippen LogP contribution < -0.4 is 10.6 Å². The lowest BCUT2D eigenvalue weighted by molar-refractivity contribution is 1.14. The molecule has 0 aliphatic rings. The Labute approximate surface area is 152 Å². The molecule has 0 amide bonds. The number of benzene rings is 3. The van der Waals surface area contributed by atoms with E-state index in [2.05, 4.69) is 81.4 Å². The highest BCUT2D eigenvalue weighted by Gasteiger charge is 1.95.